The second kappa shape index (κ2) is 22.1. The Hall–Kier alpha value is -1.66. The molecule has 192 valence electrons. The second-order valence-electron chi connectivity index (χ2n) is 9.26. The summed E-state index contributed by atoms with van der Waals surface area (Å²) in [5, 5.41) is 15.4. The number of aliphatic hydroxyl groups excluding tert-OH is 1. The molecule has 0 aromatic heterocycles. The molecule has 3 N–H and O–H groups in total. The number of carbonyl (C=O) groups excluding carboxylic acids is 2. The highest BCUT2D eigenvalue weighted by Crippen LogP contribution is 2.07. The fourth-order valence-corrected chi connectivity index (χ4v) is 3.97. The molecule has 0 fully saturated rings. The summed E-state index contributed by atoms with van der Waals surface area (Å²) in [7, 11) is 0. The third kappa shape index (κ3) is 20.7. The number of hydrogen-bond acceptors (Lipinski definition) is 4. The van der Waals surface area contributed by atoms with Gasteiger partial charge in [-0.25, -0.2) is 0 Å². The highest BCUT2D eigenvalue weighted by molar-refractivity contribution is 5.76. The van der Waals surface area contributed by atoms with Crippen LogP contribution in [0.5, 0.6) is 0 Å². The van der Waals surface area contributed by atoms with E-state index in [1.54, 1.807) is 0 Å². The number of amides is 2. The minimum atomic E-state index is 0.0235. The zero-order valence-electron chi connectivity index (χ0n) is 21.5. The first-order chi connectivity index (χ1) is 15.9. The van der Waals surface area contributed by atoms with Gasteiger partial charge in [-0.05, 0) is 58.8 Å². The second-order valence-corrected chi connectivity index (χ2v) is 9.26. The van der Waals surface area contributed by atoms with Gasteiger partial charge >= 0.3 is 0 Å². The van der Waals surface area contributed by atoms with Gasteiger partial charge in [0.25, 0.3) is 0 Å². The Balaban J connectivity index is 4.24. The number of aliphatic hydroxyl groups is 1. The Morgan fingerprint density at radius 1 is 0.758 bits per heavy atom. The summed E-state index contributed by atoms with van der Waals surface area (Å²) < 4.78 is 0. The molecule has 0 spiro atoms. The molecule has 0 heterocycles. The van der Waals surface area contributed by atoms with E-state index < -0.39 is 0 Å². The minimum absolute atomic E-state index is 0.0235. The van der Waals surface area contributed by atoms with Gasteiger partial charge in [0.05, 0.1) is 0 Å². The summed E-state index contributed by atoms with van der Waals surface area (Å²) in [4.78, 5) is 26.7. The Labute approximate surface area is 203 Å². The van der Waals surface area contributed by atoms with Gasteiger partial charge in [0.2, 0.25) is 11.8 Å². The molecule has 0 aliphatic heterocycles. The molecule has 2 atom stereocenters. The maximum atomic E-state index is 12.2. The molecule has 0 aromatic rings. The van der Waals surface area contributed by atoms with Gasteiger partial charge < -0.3 is 15.7 Å². The standard InChI is InChI=1S/C27H51N3O3/c1-5-7-9-11-13-15-18-26(32)28-24(3)22-30(20-17-21-31)23-25(4)29-27(33)19-16-14-12-10-8-6-2/h5-6,24-25,31H,1-2,7-23H2,3-4H3,(H,28,32)(H,29,33). The lowest BCUT2D eigenvalue weighted by atomic mass is 10.1. The van der Waals surface area contributed by atoms with Gasteiger partial charge in [-0.15, -0.1) is 13.2 Å². The number of allylic oxidation sites excluding steroid dienone is 2. The van der Waals surface area contributed by atoms with E-state index in [-0.39, 0.29) is 30.5 Å². The van der Waals surface area contributed by atoms with E-state index in [0.717, 1.165) is 70.8 Å². The molecule has 0 aliphatic rings. The molecular formula is C27H51N3O3. The molecule has 2 amide bonds. The number of unbranched alkanes of at least 4 members (excludes halogenated alkanes) is 8. The summed E-state index contributed by atoms with van der Waals surface area (Å²) in [6.07, 6.45) is 16.3. The topological polar surface area (TPSA) is 81.7 Å². The lowest BCUT2D eigenvalue weighted by molar-refractivity contribution is -0.122. The van der Waals surface area contributed by atoms with Crippen LogP contribution in [0.15, 0.2) is 25.3 Å². The fourth-order valence-electron chi connectivity index (χ4n) is 3.97. The first-order valence-electron chi connectivity index (χ1n) is 13.1. The molecule has 2 unspecified atom stereocenters. The average molecular weight is 466 g/mol. The van der Waals surface area contributed by atoms with E-state index in [1.807, 2.05) is 26.0 Å². The van der Waals surface area contributed by atoms with Crippen molar-refractivity contribution >= 4 is 11.8 Å². The van der Waals surface area contributed by atoms with Crippen molar-refractivity contribution < 1.29 is 14.7 Å². The van der Waals surface area contributed by atoms with Crippen molar-refractivity contribution in [1.29, 1.82) is 0 Å². The van der Waals surface area contributed by atoms with Crippen LogP contribution < -0.4 is 10.6 Å². The summed E-state index contributed by atoms with van der Waals surface area (Å²) >= 11 is 0. The summed E-state index contributed by atoms with van der Waals surface area (Å²) in [5.74, 6) is 0.200. The molecule has 0 bridgehead atoms. The zero-order chi connectivity index (χ0) is 24.7. The third-order valence-corrected chi connectivity index (χ3v) is 5.64. The monoisotopic (exact) mass is 465 g/mol. The largest absolute Gasteiger partial charge is 0.396 e. The molecule has 0 aliphatic carbocycles. The van der Waals surface area contributed by atoms with E-state index in [2.05, 4.69) is 28.7 Å². The lowest BCUT2D eigenvalue weighted by Crippen LogP contribution is -2.47. The molecule has 0 radical (unpaired) electrons. The van der Waals surface area contributed by atoms with E-state index in [1.165, 1.54) is 0 Å². The van der Waals surface area contributed by atoms with Gasteiger partial charge in [-0.1, -0.05) is 37.8 Å². The number of nitrogens with one attached hydrogen (secondary N) is 2. The van der Waals surface area contributed by atoms with Crippen LogP contribution in [0.3, 0.4) is 0 Å². The number of hydrogen-bond donors (Lipinski definition) is 3. The minimum Gasteiger partial charge on any atom is -0.396 e. The number of carbonyl (C=O) groups is 2. The normalized spacial score (nSPS) is 12.8. The van der Waals surface area contributed by atoms with Gasteiger partial charge in [-0.2, -0.15) is 0 Å². The quantitative estimate of drug-likeness (QED) is 0.150. The van der Waals surface area contributed by atoms with Crippen LogP contribution in [0.1, 0.15) is 97.3 Å². The predicted octanol–water partition coefficient (Wildman–Crippen LogP) is 4.73. The van der Waals surface area contributed by atoms with Crippen molar-refractivity contribution in [3.8, 4) is 0 Å². The van der Waals surface area contributed by atoms with Crippen LogP contribution in [0.25, 0.3) is 0 Å². The van der Waals surface area contributed by atoms with Gasteiger partial charge in [0.1, 0.15) is 0 Å². The molecule has 33 heavy (non-hydrogen) atoms. The van der Waals surface area contributed by atoms with Crippen LogP contribution in [0.2, 0.25) is 0 Å². The molecule has 0 rings (SSSR count). The van der Waals surface area contributed by atoms with Crippen LogP contribution in [-0.2, 0) is 9.59 Å². The fraction of sp³-hybridized carbons (Fsp3) is 0.778. The van der Waals surface area contributed by atoms with E-state index in [0.29, 0.717) is 32.4 Å². The van der Waals surface area contributed by atoms with Gasteiger partial charge in [0.15, 0.2) is 0 Å². The van der Waals surface area contributed by atoms with E-state index >= 15 is 0 Å². The lowest BCUT2D eigenvalue weighted by Gasteiger charge is -2.29. The molecule has 0 saturated carbocycles. The molecule has 0 aromatic carbocycles. The van der Waals surface area contributed by atoms with Gasteiger partial charge in [0, 0.05) is 51.2 Å². The summed E-state index contributed by atoms with van der Waals surface area (Å²) in [5.41, 5.74) is 0. The Morgan fingerprint density at radius 3 is 1.58 bits per heavy atom. The van der Waals surface area contributed by atoms with E-state index in [4.69, 9.17) is 0 Å². The smallest absolute Gasteiger partial charge is 0.220 e. The first-order valence-corrected chi connectivity index (χ1v) is 13.1. The maximum absolute atomic E-state index is 12.2. The van der Waals surface area contributed by atoms with Crippen LogP contribution >= 0.6 is 0 Å². The van der Waals surface area contributed by atoms with Crippen molar-refractivity contribution in [3.63, 3.8) is 0 Å². The average Bonchev–Trinajstić information content (AvgIpc) is 2.76. The Bertz CT molecular complexity index is 483. The Kier molecular flexibility index (Phi) is 21.0. The maximum Gasteiger partial charge on any atom is 0.220 e. The summed E-state index contributed by atoms with van der Waals surface area (Å²) in [6, 6.07) is 0.0471. The highest BCUT2D eigenvalue weighted by atomic mass is 16.3. The highest BCUT2D eigenvalue weighted by Gasteiger charge is 2.16. The van der Waals surface area contributed by atoms with Crippen LogP contribution in [-0.4, -0.2) is 60.1 Å². The summed E-state index contributed by atoms with van der Waals surface area (Å²) in [6.45, 7) is 13.8. The van der Waals surface area contributed by atoms with Crippen molar-refractivity contribution in [2.24, 2.45) is 0 Å². The Morgan fingerprint density at radius 2 is 1.18 bits per heavy atom. The number of rotatable bonds is 23. The SMILES string of the molecule is C=CCCCCCCC(=O)NC(C)CN(CCCO)CC(C)NC(=O)CCCCCCC=C. The first kappa shape index (κ1) is 31.3. The van der Waals surface area contributed by atoms with Crippen molar-refractivity contribution in [1.82, 2.24) is 15.5 Å². The van der Waals surface area contributed by atoms with Crippen LogP contribution in [0, 0.1) is 0 Å². The molecule has 0 saturated heterocycles. The van der Waals surface area contributed by atoms with Crippen molar-refractivity contribution in [3.05, 3.63) is 25.3 Å². The third-order valence-electron chi connectivity index (χ3n) is 5.64. The molecule has 6 heteroatoms. The van der Waals surface area contributed by atoms with Crippen molar-refractivity contribution in [2.75, 3.05) is 26.2 Å². The number of nitrogens with zero attached hydrogens (tertiary/aromatic N) is 1. The zero-order valence-corrected chi connectivity index (χ0v) is 21.5. The molecular weight excluding hydrogens is 414 g/mol. The molecule has 6 nitrogen and oxygen atoms in total. The van der Waals surface area contributed by atoms with E-state index in [9.17, 15) is 14.7 Å². The predicted molar refractivity (Wildman–Crippen MR) is 139 cm³/mol. The van der Waals surface area contributed by atoms with Gasteiger partial charge in [-0.3, -0.25) is 14.5 Å². The van der Waals surface area contributed by atoms with Crippen LogP contribution in [0.4, 0.5) is 0 Å². The van der Waals surface area contributed by atoms with Crippen molar-refractivity contribution in [2.45, 2.75) is 109 Å².